The van der Waals surface area contributed by atoms with E-state index in [2.05, 4.69) is 50.9 Å². The molecule has 47 heavy (non-hydrogen) atoms. The summed E-state index contributed by atoms with van der Waals surface area (Å²) in [5.74, 6) is -1.07. The third-order valence-corrected chi connectivity index (χ3v) is 8.74. The van der Waals surface area contributed by atoms with E-state index < -0.39 is 53.1 Å². The number of aliphatic hydroxyl groups excluding tert-OH is 2. The summed E-state index contributed by atoms with van der Waals surface area (Å²) in [6.45, 7) is 9.37. The van der Waals surface area contributed by atoms with Crippen molar-refractivity contribution in [1.82, 2.24) is 44.1 Å². The van der Waals surface area contributed by atoms with Crippen LogP contribution in [0.4, 0.5) is 5.82 Å². The Morgan fingerprint density at radius 2 is 1.83 bits per heavy atom. The lowest BCUT2D eigenvalue weighted by Gasteiger charge is -2.16. The number of ether oxygens (including phenoxy) is 1. The Labute approximate surface area is 270 Å². The molecule has 4 heterocycles. The second kappa shape index (κ2) is 14.2. The summed E-state index contributed by atoms with van der Waals surface area (Å²) in [5, 5.41) is 39.2. The molecule has 4 atom stereocenters. The summed E-state index contributed by atoms with van der Waals surface area (Å²) in [7, 11) is -4.68. The largest absolute Gasteiger partial charge is 0.507 e. The minimum Gasteiger partial charge on any atom is -0.507 e. The summed E-state index contributed by atoms with van der Waals surface area (Å²) < 4.78 is 39.5. The first kappa shape index (κ1) is 34.1. The van der Waals surface area contributed by atoms with E-state index in [1.165, 1.54) is 59.5 Å². The molecule has 3 aromatic heterocycles. The van der Waals surface area contributed by atoms with Gasteiger partial charge in [0.05, 0.1) is 30.4 Å². The maximum Gasteiger partial charge on any atom is 0.362 e. The Kier molecular flexibility index (Phi) is 10.3. The summed E-state index contributed by atoms with van der Waals surface area (Å²) in [4.78, 5) is 27.4. The van der Waals surface area contributed by atoms with Crippen molar-refractivity contribution in [3.63, 3.8) is 0 Å². The quantitative estimate of drug-likeness (QED) is 0.143. The van der Waals surface area contributed by atoms with Crippen LogP contribution in [0.1, 0.15) is 61.8 Å². The van der Waals surface area contributed by atoms with E-state index in [0.29, 0.717) is 5.92 Å². The number of anilines is 1. The number of imidazole rings is 1. The normalized spacial score (nSPS) is 21.1. The van der Waals surface area contributed by atoms with Crippen molar-refractivity contribution < 1.29 is 37.5 Å². The summed E-state index contributed by atoms with van der Waals surface area (Å²) in [6.07, 6.45) is -0.668. The van der Waals surface area contributed by atoms with E-state index in [1.54, 1.807) is 10.9 Å². The molecule has 18 nitrogen and oxygen atoms in total. The number of carbonyl (C=O) groups is 1. The molecule has 254 valence electrons. The molecule has 0 radical (unpaired) electrons. The molecule has 2 fully saturated rings. The van der Waals surface area contributed by atoms with E-state index in [0.717, 1.165) is 18.5 Å². The molecule has 6 rings (SSSR count). The Bertz CT molecular complexity index is 1800. The highest BCUT2D eigenvalue weighted by Crippen LogP contribution is 2.39. The number of aromatic nitrogens is 7. The molecule has 1 aromatic carbocycles. The van der Waals surface area contributed by atoms with Crippen LogP contribution in [0.5, 0.6) is 5.75 Å². The number of para-hydroxylation sites is 1. The number of nitrogen functional groups attached to an aromatic ring is 1. The smallest absolute Gasteiger partial charge is 0.362 e. The second-order valence-electron chi connectivity index (χ2n) is 10.9. The number of nitrogens with two attached hydrogens (primary N) is 1. The maximum atomic E-state index is 12.3. The molecule has 0 bridgehead atoms. The predicted molar refractivity (Wildman–Crippen MR) is 166 cm³/mol. The first-order chi connectivity index (χ1) is 22.5. The van der Waals surface area contributed by atoms with Crippen molar-refractivity contribution in [2.24, 2.45) is 0 Å². The average molecular weight is 675 g/mol. The second-order valence-corrected chi connectivity index (χ2v) is 12.3. The molecular weight excluding hydrogens is 636 g/mol. The van der Waals surface area contributed by atoms with Crippen LogP contribution in [0.25, 0.3) is 17.1 Å². The van der Waals surface area contributed by atoms with E-state index in [1.807, 2.05) is 0 Å². The lowest BCUT2D eigenvalue weighted by atomic mass is 10.1. The molecule has 1 saturated heterocycles. The van der Waals surface area contributed by atoms with E-state index >= 15 is 0 Å². The van der Waals surface area contributed by atoms with Gasteiger partial charge in [-0.2, -0.15) is 23.1 Å². The standard InChI is InChI=1S/C22H23N9O8S.C6H15N/c23-18-15-19(26-22(25-18)31-7-12(27-29-31)10-5-6-10)30(9-24-15)21-17(34)16(33)14(39-21)8-38-40(36,37)28-20(35)11-3-1-2-4-13(11)32;1-4-7(5-2)6-3/h1-4,7,9-10,14,16-17,21,32-34H,5-6,8H2,(H,28,35)(H2,23,25,26);4-6H2,1-3H3/t14-,16-,17-,21-;/m1./s1. The Hall–Kier alpha value is -4.27. The number of hydrogen-bond acceptors (Lipinski definition) is 15. The zero-order valence-electron chi connectivity index (χ0n) is 26.0. The summed E-state index contributed by atoms with van der Waals surface area (Å²) >= 11 is 0. The number of aromatic hydroxyl groups is 1. The fourth-order valence-corrected chi connectivity index (χ4v) is 5.65. The molecule has 2 aliphatic rings. The predicted octanol–water partition coefficient (Wildman–Crippen LogP) is 0.231. The van der Waals surface area contributed by atoms with Gasteiger partial charge in [0, 0.05) is 5.92 Å². The Balaban J connectivity index is 0.000000559. The van der Waals surface area contributed by atoms with Gasteiger partial charge in [-0.05, 0) is 44.6 Å². The highest BCUT2D eigenvalue weighted by atomic mass is 32.2. The van der Waals surface area contributed by atoms with Crippen LogP contribution in [0.2, 0.25) is 0 Å². The summed E-state index contributed by atoms with van der Waals surface area (Å²) in [5.41, 5.74) is 6.96. The lowest BCUT2D eigenvalue weighted by Crippen LogP contribution is -2.37. The van der Waals surface area contributed by atoms with Gasteiger partial charge in [0.25, 0.3) is 11.9 Å². The maximum absolute atomic E-state index is 12.3. The molecule has 1 aliphatic heterocycles. The van der Waals surface area contributed by atoms with Gasteiger partial charge in [-0.15, -0.1) is 5.10 Å². The van der Waals surface area contributed by atoms with Crippen LogP contribution in [0.3, 0.4) is 0 Å². The van der Waals surface area contributed by atoms with Crippen LogP contribution in [0.15, 0.2) is 36.8 Å². The van der Waals surface area contributed by atoms with Crippen LogP contribution < -0.4 is 10.5 Å². The molecule has 1 saturated carbocycles. The monoisotopic (exact) mass is 674 g/mol. The minimum absolute atomic E-state index is 0.0291. The molecular formula is C28H38N10O8S. The number of amides is 1. The van der Waals surface area contributed by atoms with Crippen molar-refractivity contribution in [2.45, 2.75) is 64.1 Å². The number of phenolic OH excluding ortho intramolecular Hbond substituents is 1. The number of benzene rings is 1. The topological polar surface area (TPSA) is 246 Å². The molecule has 19 heteroatoms. The Morgan fingerprint density at radius 3 is 2.47 bits per heavy atom. The number of rotatable bonds is 11. The Morgan fingerprint density at radius 1 is 1.13 bits per heavy atom. The third-order valence-electron chi connectivity index (χ3n) is 7.86. The van der Waals surface area contributed by atoms with Crippen molar-refractivity contribution in [3.05, 3.63) is 48.0 Å². The first-order valence-corrected chi connectivity index (χ1v) is 16.5. The van der Waals surface area contributed by atoms with Gasteiger partial charge in [0.15, 0.2) is 17.7 Å². The van der Waals surface area contributed by atoms with Gasteiger partial charge in [-0.3, -0.25) is 13.5 Å². The fourth-order valence-electron chi connectivity index (χ4n) is 4.94. The zero-order valence-corrected chi connectivity index (χ0v) is 26.9. The highest BCUT2D eigenvalue weighted by Gasteiger charge is 2.45. The molecule has 4 aromatic rings. The van der Waals surface area contributed by atoms with Crippen LogP contribution >= 0.6 is 0 Å². The number of hydrogen-bond donors (Lipinski definition) is 5. The lowest BCUT2D eigenvalue weighted by molar-refractivity contribution is -0.0468. The number of fused-ring (bicyclic) bond motifs is 1. The van der Waals surface area contributed by atoms with Gasteiger partial charge in [0.1, 0.15) is 29.6 Å². The minimum atomic E-state index is -4.68. The zero-order chi connectivity index (χ0) is 33.9. The molecule has 0 spiro atoms. The van der Waals surface area contributed by atoms with E-state index in [-0.39, 0.29) is 28.5 Å². The van der Waals surface area contributed by atoms with Gasteiger partial charge < -0.3 is 30.7 Å². The van der Waals surface area contributed by atoms with Crippen molar-refractivity contribution >= 4 is 33.2 Å². The SMILES string of the molecule is CCN(CC)CC.Nc1nc(-n2cc(C3CC3)nn2)nc2c1ncn2[C@@H]1O[C@H](COS(=O)(=O)NC(=O)c2ccccc2O)[C@@H](O)[C@H]1O. The van der Waals surface area contributed by atoms with Crippen LogP contribution in [-0.2, 0) is 19.2 Å². The molecule has 1 aliphatic carbocycles. The number of phenols is 1. The summed E-state index contributed by atoms with van der Waals surface area (Å²) in [6, 6.07) is 5.33. The van der Waals surface area contributed by atoms with Crippen molar-refractivity contribution in [2.75, 3.05) is 32.0 Å². The third kappa shape index (κ3) is 7.66. The first-order valence-electron chi connectivity index (χ1n) is 15.1. The molecule has 1 amide bonds. The van der Waals surface area contributed by atoms with Gasteiger partial charge in [0.2, 0.25) is 0 Å². The molecule has 0 unspecified atom stereocenters. The number of aliphatic hydroxyl groups is 2. The van der Waals surface area contributed by atoms with Gasteiger partial charge >= 0.3 is 10.3 Å². The van der Waals surface area contributed by atoms with Crippen LogP contribution in [0, 0.1) is 0 Å². The van der Waals surface area contributed by atoms with Crippen molar-refractivity contribution in [1.29, 1.82) is 0 Å². The highest BCUT2D eigenvalue weighted by molar-refractivity contribution is 7.85. The average Bonchev–Trinajstić information content (AvgIpc) is 3.50. The van der Waals surface area contributed by atoms with Gasteiger partial charge in [-0.25, -0.2) is 9.71 Å². The van der Waals surface area contributed by atoms with Gasteiger partial charge in [-0.1, -0.05) is 38.1 Å². The van der Waals surface area contributed by atoms with E-state index in [9.17, 15) is 28.5 Å². The number of nitrogens with one attached hydrogen (secondary N) is 1. The number of nitrogens with zero attached hydrogens (tertiary/aromatic N) is 8. The van der Waals surface area contributed by atoms with E-state index in [4.69, 9.17) is 14.7 Å². The fraction of sp³-hybridized carbons (Fsp3) is 0.500. The van der Waals surface area contributed by atoms with Crippen LogP contribution in [-0.4, -0.2) is 114 Å². The molecule has 6 N–H and O–H groups in total. The number of carbonyl (C=O) groups excluding carboxylic acids is 1. The van der Waals surface area contributed by atoms with Crippen molar-refractivity contribution in [3.8, 4) is 11.7 Å².